The average Bonchev–Trinajstić information content (AvgIpc) is 2.93. The second-order valence-corrected chi connectivity index (χ2v) is 4.15. The van der Waals surface area contributed by atoms with Crippen LogP contribution in [0.1, 0.15) is 16.2 Å². The number of nitrogens with zero attached hydrogens (tertiary/aromatic N) is 1. The largest absolute Gasteiger partial charge is 0.457 e. The van der Waals surface area contributed by atoms with Crippen LogP contribution in [0.2, 0.25) is 0 Å². The van der Waals surface area contributed by atoms with E-state index in [1.165, 1.54) is 6.26 Å². The van der Waals surface area contributed by atoms with E-state index in [-0.39, 0.29) is 5.76 Å². The lowest BCUT2D eigenvalue weighted by Crippen LogP contribution is -2.07. The summed E-state index contributed by atoms with van der Waals surface area (Å²) in [5.74, 6) is 0.0769. The zero-order chi connectivity index (χ0) is 13.2. The van der Waals surface area contributed by atoms with Gasteiger partial charge in [-0.3, -0.25) is 0 Å². The maximum Gasteiger partial charge on any atom is 0.379 e. The van der Waals surface area contributed by atoms with Crippen LogP contribution in [-0.4, -0.2) is 11.0 Å². The van der Waals surface area contributed by atoms with Crippen LogP contribution in [0.4, 0.5) is 0 Å². The topological polar surface area (TPSA) is 52.3 Å². The minimum absolute atomic E-state index is 0.171. The number of ether oxygens (including phenoxy) is 1. The van der Waals surface area contributed by atoms with Crippen molar-refractivity contribution >= 4 is 16.9 Å². The average molecular weight is 253 g/mol. The minimum atomic E-state index is -0.527. The Balaban J connectivity index is 2.01. The van der Waals surface area contributed by atoms with Gasteiger partial charge in [0.2, 0.25) is 5.76 Å². The van der Waals surface area contributed by atoms with Gasteiger partial charge in [-0.05, 0) is 31.2 Å². The number of benzene rings is 1. The molecule has 0 spiro atoms. The van der Waals surface area contributed by atoms with Crippen LogP contribution < -0.4 is 4.74 Å². The Morgan fingerprint density at radius 2 is 2.05 bits per heavy atom. The van der Waals surface area contributed by atoms with Crippen LogP contribution in [-0.2, 0) is 0 Å². The summed E-state index contributed by atoms with van der Waals surface area (Å²) in [5, 5.41) is 0.926. The van der Waals surface area contributed by atoms with Crippen molar-refractivity contribution in [3.8, 4) is 5.75 Å². The van der Waals surface area contributed by atoms with Crippen molar-refractivity contribution in [1.82, 2.24) is 4.98 Å². The molecule has 0 atom stereocenters. The summed E-state index contributed by atoms with van der Waals surface area (Å²) in [6.45, 7) is 1.89. The Bertz CT molecular complexity index is 732. The molecule has 0 aliphatic rings. The Morgan fingerprint density at radius 1 is 1.16 bits per heavy atom. The van der Waals surface area contributed by atoms with Gasteiger partial charge in [0.15, 0.2) is 5.75 Å². The third kappa shape index (κ3) is 2.20. The van der Waals surface area contributed by atoms with E-state index in [0.717, 1.165) is 11.1 Å². The number of aromatic nitrogens is 1. The molecule has 0 aliphatic carbocycles. The Kier molecular flexibility index (Phi) is 2.76. The number of esters is 1. The van der Waals surface area contributed by atoms with Crippen molar-refractivity contribution in [3.05, 3.63) is 60.2 Å². The number of carbonyl (C=O) groups is 1. The number of para-hydroxylation sites is 1. The zero-order valence-corrected chi connectivity index (χ0v) is 10.3. The lowest BCUT2D eigenvalue weighted by atomic mass is 10.2. The number of pyridine rings is 1. The number of furan rings is 1. The van der Waals surface area contributed by atoms with Gasteiger partial charge in [-0.25, -0.2) is 9.78 Å². The molecule has 0 bridgehead atoms. The third-order valence-corrected chi connectivity index (χ3v) is 2.75. The fourth-order valence-corrected chi connectivity index (χ4v) is 1.84. The van der Waals surface area contributed by atoms with Gasteiger partial charge in [0.1, 0.15) is 5.52 Å². The molecule has 2 aromatic heterocycles. The molecule has 2 heterocycles. The second kappa shape index (κ2) is 4.57. The highest BCUT2D eigenvalue weighted by Gasteiger charge is 2.13. The number of carbonyl (C=O) groups excluding carboxylic acids is 1. The molecule has 19 heavy (non-hydrogen) atoms. The summed E-state index contributed by atoms with van der Waals surface area (Å²) in [4.78, 5) is 16.3. The third-order valence-electron chi connectivity index (χ3n) is 2.75. The summed E-state index contributed by atoms with van der Waals surface area (Å²) < 4.78 is 10.3. The minimum Gasteiger partial charge on any atom is -0.457 e. The van der Waals surface area contributed by atoms with Crippen molar-refractivity contribution in [2.45, 2.75) is 6.92 Å². The molecule has 0 aliphatic heterocycles. The van der Waals surface area contributed by atoms with Gasteiger partial charge in [0, 0.05) is 11.1 Å². The Morgan fingerprint density at radius 3 is 2.84 bits per heavy atom. The molecule has 0 saturated carbocycles. The maximum absolute atomic E-state index is 11.9. The monoisotopic (exact) mass is 253 g/mol. The van der Waals surface area contributed by atoms with E-state index >= 15 is 0 Å². The van der Waals surface area contributed by atoms with Crippen molar-refractivity contribution in [3.63, 3.8) is 0 Å². The van der Waals surface area contributed by atoms with Crippen molar-refractivity contribution in [1.29, 1.82) is 0 Å². The van der Waals surface area contributed by atoms with Gasteiger partial charge >= 0.3 is 5.97 Å². The van der Waals surface area contributed by atoms with Crippen LogP contribution in [0.5, 0.6) is 5.75 Å². The highest BCUT2D eigenvalue weighted by molar-refractivity contribution is 5.92. The molecular weight excluding hydrogens is 242 g/mol. The van der Waals surface area contributed by atoms with E-state index < -0.39 is 5.97 Å². The molecule has 0 radical (unpaired) electrons. The lowest BCUT2D eigenvalue weighted by Gasteiger charge is -2.06. The molecule has 0 unspecified atom stereocenters. The molecule has 0 fully saturated rings. The predicted octanol–water partition coefficient (Wildman–Crippen LogP) is 3.36. The Hall–Kier alpha value is -2.62. The van der Waals surface area contributed by atoms with Crippen LogP contribution >= 0.6 is 0 Å². The first-order valence-electron chi connectivity index (χ1n) is 5.86. The van der Waals surface area contributed by atoms with Gasteiger partial charge in [-0.2, -0.15) is 0 Å². The van der Waals surface area contributed by atoms with Crippen LogP contribution in [0.3, 0.4) is 0 Å². The van der Waals surface area contributed by atoms with Crippen molar-refractivity contribution in [2.24, 2.45) is 0 Å². The van der Waals surface area contributed by atoms with Crippen molar-refractivity contribution < 1.29 is 13.9 Å². The predicted molar refractivity (Wildman–Crippen MR) is 70.1 cm³/mol. The van der Waals surface area contributed by atoms with E-state index in [0.29, 0.717) is 11.3 Å². The summed E-state index contributed by atoms with van der Waals surface area (Å²) in [5.41, 5.74) is 1.54. The van der Waals surface area contributed by atoms with Gasteiger partial charge in [0.25, 0.3) is 0 Å². The quantitative estimate of drug-likeness (QED) is 0.519. The second-order valence-electron chi connectivity index (χ2n) is 4.15. The van der Waals surface area contributed by atoms with E-state index in [4.69, 9.17) is 9.15 Å². The van der Waals surface area contributed by atoms with Gasteiger partial charge in [-0.15, -0.1) is 0 Å². The van der Waals surface area contributed by atoms with E-state index in [1.807, 2.05) is 31.2 Å². The van der Waals surface area contributed by atoms with Gasteiger partial charge in [0.05, 0.1) is 6.26 Å². The van der Waals surface area contributed by atoms with E-state index in [1.54, 1.807) is 18.2 Å². The van der Waals surface area contributed by atoms with E-state index in [9.17, 15) is 4.79 Å². The van der Waals surface area contributed by atoms with Gasteiger partial charge in [-0.1, -0.05) is 18.2 Å². The summed E-state index contributed by atoms with van der Waals surface area (Å²) in [7, 11) is 0. The molecule has 94 valence electrons. The number of fused-ring (bicyclic) bond motifs is 1. The standard InChI is InChI=1S/C15H11NO3/c1-10-7-8-11-4-2-5-12(14(11)16-10)19-15(17)13-6-3-9-18-13/h2-9H,1H3. The molecular formula is C15H11NO3. The molecule has 1 aromatic carbocycles. The molecule has 3 rings (SSSR count). The molecule has 0 amide bonds. The normalized spacial score (nSPS) is 10.6. The molecule has 4 heteroatoms. The maximum atomic E-state index is 11.9. The number of aryl methyl sites for hydroxylation is 1. The number of rotatable bonds is 2. The first kappa shape index (κ1) is 11.5. The fraction of sp³-hybridized carbons (Fsp3) is 0.0667. The highest BCUT2D eigenvalue weighted by Crippen LogP contribution is 2.24. The smallest absolute Gasteiger partial charge is 0.379 e. The fourth-order valence-electron chi connectivity index (χ4n) is 1.84. The first-order valence-corrected chi connectivity index (χ1v) is 5.86. The van der Waals surface area contributed by atoms with Crippen LogP contribution in [0.15, 0.2) is 53.1 Å². The molecule has 0 N–H and O–H groups in total. The van der Waals surface area contributed by atoms with Crippen molar-refractivity contribution in [2.75, 3.05) is 0 Å². The molecule has 4 nitrogen and oxygen atoms in total. The first-order chi connectivity index (χ1) is 9.24. The summed E-state index contributed by atoms with van der Waals surface area (Å²) >= 11 is 0. The zero-order valence-electron chi connectivity index (χ0n) is 10.3. The SMILES string of the molecule is Cc1ccc2cccc(OC(=O)c3ccco3)c2n1. The molecule has 0 saturated heterocycles. The lowest BCUT2D eigenvalue weighted by molar-refractivity contribution is 0.0703. The molecule has 3 aromatic rings. The Labute approximate surface area is 109 Å². The van der Waals surface area contributed by atoms with Gasteiger partial charge < -0.3 is 9.15 Å². The van der Waals surface area contributed by atoms with E-state index in [2.05, 4.69) is 4.98 Å². The van der Waals surface area contributed by atoms with Crippen LogP contribution in [0, 0.1) is 6.92 Å². The number of hydrogen-bond acceptors (Lipinski definition) is 4. The van der Waals surface area contributed by atoms with Crippen LogP contribution in [0.25, 0.3) is 10.9 Å². The number of hydrogen-bond donors (Lipinski definition) is 0. The summed E-state index contributed by atoms with van der Waals surface area (Å²) in [6.07, 6.45) is 1.43. The summed E-state index contributed by atoms with van der Waals surface area (Å²) in [6, 6.07) is 12.5. The highest BCUT2D eigenvalue weighted by atomic mass is 16.5.